The summed E-state index contributed by atoms with van der Waals surface area (Å²) in [6.07, 6.45) is 0. The molecule has 0 atom stereocenters. The maximum Gasteiger partial charge on any atom is 0.267 e. The molecule has 1 aromatic heterocycles. The molecule has 0 fully saturated rings. The van der Waals surface area contributed by atoms with E-state index >= 15 is 0 Å². The first-order valence-electron chi connectivity index (χ1n) is 5.85. The van der Waals surface area contributed by atoms with E-state index in [9.17, 15) is 4.79 Å². The number of benzene rings is 1. The van der Waals surface area contributed by atoms with Crippen LogP contribution in [0.3, 0.4) is 0 Å². The average Bonchev–Trinajstić information content (AvgIpc) is 2.87. The summed E-state index contributed by atoms with van der Waals surface area (Å²) in [5, 5.41) is 4.71. The lowest BCUT2D eigenvalue weighted by Gasteiger charge is -2.04. The monoisotopic (exact) mass is 270 g/mol. The van der Waals surface area contributed by atoms with Crippen molar-refractivity contribution >= 4 is 22.9 Å². The van der Waals surface area contributed by atoms with Crippen LogP contribution in [0.1, 0.15) is 20.8 Å². The van der Waals surface area contributed by atoms with Gasteiger partial charge in [-0.1, -0.05) is 29.5 Å². The Morgan fingerprint density at radius 3 is 2.74 bits per heavy atom. The molecule has 1 aromatic carbocycles. The first-order chi connectivity index (χ1) is 9.20. The Balaban J connectivity index is 2.16. The summed E-state index contributed by atoms with van der Waals surface area (Å²) in [5.41, 5.74) is 8.00. The predicted octanol–water partition coefficient (Wildman–Crippen LogP) is 2.62. The molecule has 0 aliphatic carbocycles. The van der Waals surface area contributed by atoms with Crippen LogP contribution in [0.5, 0.6) is 0 Å². The summed E-state index contributed by atoms with van der Waals surface area (Å²) < 4.78 is 0. The summed E-state index contributed by atoms with van der Waals surface area (Å²) in [6.45, 7) is 2.29. The molecule has 19 heavy (non-hydrogen) atoms. The quantitative estimate of drug-likeness (QED) is 0.824. The van der Waals surface area contributed by atoms with E-state index in [2.05, 4.69) is 17.2 Å². The molecule has 0 unspecified atom stereocenters. The van der Waals surface area contributed by atoms with Crippen LogP contribution in [0.2, 0.25) is 0 Å². The van der Waals surface area contributed by atoms with E-state index in [0.717, 1.165) is 16.8 Å². The Hall–Kier alpha value is -2.09. The van der Waals surface area contributed by atoms with Gasteiger partial charge in [-0.15, -0.1) is 11.3 Å². The SMILES string of the molecule is Cc1ccc(NC(=O)c2sccc2C#CCN)cc1. The molecule has 0 saturated heterocycles. The van der Waals surface area contributed by atoms with Crippen molar-refractivity contribution in [3.63, 3.8) is 0 Å². The van der Waals surface area contributed by atoms with Gasteiger partial charge in [0.15, 0.2) is 0 Å². The second-order valence-electron chi connectivity index (χ2n) is 3.99. The fourth-order valence-electron chi connectivity index (χ4n) is 1.55. The molecule has 0 aliphatic heterocycles. The zero-order valence-corrected chi connectivity index (χ0v) is 11.4. The van der Waals surface area contributed by atoms with E-state index in [1.54, 1.807) is 0 Å². The first kappa shape index (κ1) is 13.3. The van der Waals surface area contributed by atoms with Crippen molar-refractivity contribution in [3.8, 4) is 11.8 Å². The lowest BCUT2D eigenvalue weighted by molar-refractivity contribution is 0.103. The van der Waals surface area contributed by atoms with Gasteiger partial charge in [-0.25, -0.2) is 0 Å². The van der Waals surface area contributed by atoms with E-state index in [1.165, 1.54) is 11.3 Å². The Bertz CT molecular complexity index is 632. The Labute approximate surface area is 116 Å². The minimum absolute atomic E-state index is 0.139. The van der Waals surface area contributed by atoms with Crippen molar-refractivity contribution in [1.29, 1.82) is 0 Å². The van der Waals surface area contributed by atoms with Crippen molar-refractivity contribution in [1.82, 2.24) is 0 Å². The van der Waals surface area contributed by atoms with E-state index in [1.807, 2.05) is 42.6 Å². The lowest BCUT2D eigenvalue weighted by atomic mass is 10.2. The van der Waals surface area contributed by atoms with Crippen molar-refractivity contribution in [3.05, 3.63) is 51.7 Å². The summed E-state index contributed by atoms with van der Waals surface area (Å²) in [5.74, 6) is 5.53. The summed E-state index contributed by atoms with van der Waals surface area (Å²) in [4.78, 5) is 12.8. The van der Waals surface area contributed by atoms with Crippen LogP contribution in [0.15, 0.2) is 35.7 Å². The largest absolute Gasteiger partial charge is 0.321 e. The van der Waals surface area contributed by atoms with Crippen molar-refractivity contribution in [2.24, 2.45) is 5.73 Å². The standard InChI is InChI=1S/C15H14N2OS/c1-11-4-6-13(7-5-11)17-15(18)14-12(3-2-9-16)8-10-19-14/h4-8,10H,9,16H2,1H3,(H,17,18). The second-order valence-corrected chi connectivity index (χ2v) is 4.91. The maximum absolute atomic E-state index is 12.1. The molecule has 0 spiro atoms. The fourth-order valence-corrected chi connectivity index (χ4v) is 2.30. The number of nitrogens with two attached hydrogens (primary N) is 1. The van der Waals surface area contributed by atoms with Crippen LogP contribution in [0.25, 0.3) is 0 Å². The van der Waals surface area contributed by atoms with Crippen LogP contribution in [-0.2, 0) is 0 Å². The third-order valence-electron chi connectivity index (χ3n) is 2.51. The normalized spacial score (nSPS) is 9.58. The third kappa shape index (κ3) is 3.44. The van der Waals surface area contributed by atoms with E-state index < -0.39 is 0 Å². The van der Waals surface area contributed by atoms with Gasteiger partial charge in [0, 0.05) is 11.3 Å². The highest BCUT2D eigenvalue weighted by Crippen LogP contribution is 2.18. The number of thiophene rings is 1. The van der Waals surface area contributed by atoms with Gasteiger partial charge in [-0.3, -0.25) is 4.79 Å². The van der Waals surface area contributed by atoms with Gasteiger partial charge in [0.25, 0.3) is 5.91 Å². The van der Waals surface area contributed by atoms with Crippen LogP contribution in [0.4, 0.5) is 5.69 Å². The molecular weight excluding hydrogens is 256 g/mol. The minimum Gasteiger partial charge on any atom is -0.321 e. The van der Waals surface area contributed by atoms with Crippen molar-refractivity contribution in [2.75, 3.05) is 11.9 Å². The van der Waals surface area contributed by atoms with E-state index in [-0.39, 0.29) is 12.5 Å². The summed E-state index contributed by atoms with van der Waals surface area (Å²) >= 11 is 1.38. The lowest BCUT2D eigenvalue weighted by Crippen LogP contribution is -2.11. The second kappa shape index (κ2) is 6.19. The van der Waals surface area contributed by atoms with Gasteiger partial charge in [0.1, 0.15) is 4.88 Å². The zero-order valence-electron chi connectivity index (χ0n) is 10.6. The molecule has 4 heteroatoms. The van der Waals surface area contributed by atoms with Crippen LogP contribution in [-0.4, -0.2) is 12.5 Å². The van der Waals surface area contributed by atoms with Gasteiger partial charge in [-0.2, -0.15) is 0 Å². The maximum atomic E-state index is 12.1. The summed E-state index contributed by atoms with van der Waals surface area (Å²) in [6, 6.07) is 9.51. The van der Waals surface area contributed by atoms with Gasteiger partial charge >= 0.3 is 0 Å². The topological polar surface area (TPSA) is 55.1 Å². The van der Waals surface area contributed by atoms with Crippen LogP contribution in [0, 0.1) is 18.8 Å². The van der Waals surface area contributed by atoms with Gasteiger partial charge < -0.3 is 11.1 Å². The average molecular weight is 270 g/mol. The number of carbonyl (C=O) groups excluding carboxylic acids is 1. The van der Waals surface area contributed by atoms with E-state index in [0.29, 0.717) is 4.88 Å². The number of nitrogens with one attached hydrogen (secondary N) is 1. The number of rotatable bonds is 2. The van der Waals surface area contributed by atoms with Gasteiger partial charge in [0.2, 0.25) is 0 Å². The third-order valence-corrected chi connectivity index (χ3v) is 3.42. The van der Waals surface area contributed by atoms with Crippen molar-refractivity contribution in [2.45, 2.75) is 6.92 Å². The molecule has 2 rings (SSSR count). The molecule has 0 saturated carbocycles. The minimum atomic E-state index is -0.139. The molecule has 2 aromatic rings. The summed E-state index contributed by atoms with van der Waals surface area (Å²) in [7, 11) is 0. The molecule has 0 aliphatic rings. The number of aryl methyl sites for hydroxylation is 1. The highest BCUT2D eigenvalue weighted by Gasteiger charge is 2.11. The molecule has 3 N–H and O–H groups in total. The predicted molar refractivity (Wildman–Crippen MR) is 79.4 cm³/mol. The van der Waals surface area contributed by atoms with Crippen molar-refractivity contribution < 1.29 is 4.79 Å². The van der Waals surface area contributed by atoms with Gasteiger partial charge in [0.05, 0.1) is 6.54 Å². The Morgan fingerprint density at radius 1 is 1.32 bits per heavy atom. The number of hydrogen-bond acceptors (Lipinski definition) is 3. The smallest absolute Gasteiger partial charge is 0.267 e. The number of carbonyl (C=O) groups is 1. The Kier molecular flexibility index (Phi) is 4.35. The fraction of sp³-hybridized carbons (Fsp3) is 0.133. The molecule has 96 valence electrons. The van der Waals surface area contributed by atoms with E-state index in [4.69, 9.17) is 5.73 Å². The first-order valence-corrected chi connectivity index (χ1v) is 6.73. The molecule has 0 bridgehead atoms. The number of amides is 1. The molecule has 3 nitrogen and oxygen atoms in total. The highest BCUT2D eigenvalue weighted by atomic mass is 32.1. The molecule has 1 heterocycles. The van der Waals surface area contributed by atoms with Gasteiger partial charge in [-0.05, 0) is 30.5 Å². The molecular formula is C15H14N2OS. The van der Waals surface area contributed by atoms with Crippen LogP contribution >= 0.6 is 11.3 Å². The van der Waals surface area contributed by atoms with Crippen LogP contribution < -0.4 is 11.1 Å². The zero-order chi connectivity index (χ0) is 13.7. The number of hydrogen-bond donors (Lipinski definition) is 2. The highest BCUT2D eigenvalue weighted by molar-refractivity contribution is 7.12. The Morgan fingerprint density at radius 2 is 2.05 bits per heavy atom. The number of anilines is 1. The molecule has 1 amide bonds. The molecule has 0 radical (unpaired) electrons.